The maximum atomic E-state index is 10.4. The van der Waals surface area contributed by atoms with Gasteiger partial charge in [0.2, 0.25) is 5.82 Å². The highest BCUT2D eigenvalue weighted by molar-refractivity contribution is 5.57. The highest BCUT2D eigenvalue weighted by Crippen LogP contribution is 2.18. The molecular formula is C10H6N4O2. The molecule has 0 radical (unpaired) electrons. The van der Waals surface area contributed by atoms with E-state index in [0.717, 1.165) is 6.20 Å². The minimum Gasteiger partial charge on any atom is -0.358 e. The number of nitro groups is 1. The standard InChI is InChI=1S/C10H6N4O2/c11-5-7-1-3-8(4-2-7)10-12-6-9(13-10)14(15)16/h1-4,6H,(H,12,13). The number of nitrogens with zero attached hydrogens (tertiary/aromatic N) is 3. The fraction of sp³-hybridized carbons (Fsp3) is 0. The Labute approximate surface area is 90.3 Å². The van der Waals surface area contributed by atoms with Crippen LogP contribution in [0, 0.1) is 21.4 Å². The topological polar surface area (TPSA) is 95.6 Å². The number of rotatable bonds is 2. The third kappa shape index (κ3) is 1.74. The molecular weight excluding hydrogens is 208 g/mol. The molecule has 1 heterocycles. The minimum absolute atomic E-state index is 0.153. The van der Waals surface area contributed by atoms with Crippen LogP contribution in [0.5, 0.6) is 0 Å². The molecule has 1 aromatic heterocycles. The molecule has 0 aliphatic rings. The van der Waals surface area contributed by atoms with Crippen molar-refractivity contribution in [3.05, 3.63) is 46.1 Å². The molecule has 16 heavy (non-hydrogen) atoms. The van der Waals surface area contributed by atoms with Crippen LogP contribution in [0.1, 0.15) is 5.56 Å². The number of aromatic nitrogens is 2. The SMILES string of the molecule is N#Cc1ccc(-c2ncc([N+](=O)[O-])[nH]2)cc1. The van der Waals surface area contributed by atoms with Crippen LogP contribution < -0.4 is 0 Å². The lowest BCUT2D eigenvalue weighted by atomic mass is 10.1. The largest absolute Gasteiger partial charge is 0.358 e. The van der Waals surface area contributed by atoms with Crippen LogP contribution in [0.15, 0.2) is 30.5 Å². The zero-order valence-electron chi connectivity index (χ0n) is 8.04. The second-order valence-electron chi connectivity index (χ2n) is 3.06. The fourth-order valence-electron chi connectivity index (χ4n) is 1.25. The summed E-state index contributed by atoms with van der Waals surface area (Å²) in [5.74, 6) is 0.260. The maximum Gasteiger partial charge on any atom is 0.340 e. The smallest absolute Gasteiger partial charge is 0.340 e. The Hall–Kier alpha value is -2.68. The number of hydrogen-bond donors (Lipinski definition) is 1. The normalized spacial score (nSPS) is 9.69. The first-order chi connectivity index (χ1) is 7.70. The van der Waals surface area contributed by atoms with Gasteiger partial charge in [0.25, 0.3) is 0 Å². The highest BCUT2D eigenvalue weighted by Gasteiger charge is 2.11. The van der Waals surface area contributed by atoms with Gasteiger partial charge in [-0.15, -0.1) is 0 Å². The number of nitrogens with one attached hydrogen (secondary N) is 1. The van der Waals surface area contributed by atoms with E-state index in [1.54, 1.807) is 24.3 Å². The third-order valence-electron chi connectivity index (χ3n) is 2.05. The molecule has 0 bridgehead atoms. The van der Waals surface area contributed by atoms with Crippen LogP contribution in [0.25, 0.3) is 11.4 Å². The van der Waals surface area contributed by atoms with Gasteiger partial charge in [0.15, 0.2) is 0 Å². The quantitative estimate of drug-likeness (QED) is 0.609. The summed E-state index contributed by atoms with van der Waals surface area (Å²) < 4.78 is 0. The van der Waals surface area contributed by atoms with Crippen LogP contribution in [0.2, 0.25) is 0 Å². The van der Waals surface area contributed by atoms with Gasteiger partial charge in [0.1, 0.15) is 6.20 Å². The number of H-pyrrole nitrogens is 1. The molecule has 1 aromatic carbocycles. The summed E-state index contributed by atoms with van der Waals surface area (Å²) in [5, 5.41) is 19.1. The van der Waals surface area contributed by atoms with Gasteiger partial charge in [-0.25, -0.2) is 9.97 Å². The number of benzene rings is 1. The van der Waals surface area contributed by atoms with Crippen molar-refractivity contribution >= 4 is 5.82 Å². The zero-order chi connectivity index (χ0) is 11.5. The number of imidazole rings is 1. The minimum atomic E-state index is -0.542. The molecule has 0 spiro atoms. The molecule has 1 N–H and O–H groups in total. The van der Waals surface area contributed by atoms with Crippen LogP contribution in [0.3, 0.4) is 0 Å². The second-order valence-corrected chi connectivity index (χ2v) is 3.06. The van der Waals surface area contributed by atoms with E-state index in [9.17, 15) is 10.1 Å². The van der Waals surface area contributed by atoms with Gasteiger partial charge in [-0.3, -0.25) is 0 Å². The van der Waals surface area contributed by atoms with Gasteiger partial charge in [-0.2, -0.15) is 5.26 Å². The van der Waals surface area contributed by atoms with Gasteiger partial charge < -0.3 is 10.1 Å². The van der Waals surface area contributed by atoms with E-state index in [-0.39, 0.29) is 5.82 Å². The van der Waals surface area contributed by atoms with Crippen molar-refractivity contribution < 1.29 is 4.92 Å². The fourth-order valence-corrected chi connectivity index (χ4v) is 1.25. The number of aromatic amines is 1. The highest BCUT2D eigenvalue weighted by atomic mass is 16.6. The summed E-state index contributed by atoms with van der Waals surface area (Å²) in [7, 11) is 0. The van der Waals surface area contributed by atoms with E-state index >= 15 is 0 Å². The molecule has 0 aliphatic heterocycles. The van der Waals surface area contributed by atoms with E-state index in [1.165, 1.54) is 0 Å². The van der Waals surface area contributed by atoms with Gasteiger partial charge in [-0.1, -0.05) is 0 Å². The van der Waals surface area contributed by atoms with Crippen molar-refractivity contribution in [3.8, 4) is 17.5 Å². The molecule has 78 valence electrons. The first kappa shape index (κ1) is 9.86. The Morgan fingerprint density at radius 1 is 1.38 bits per heavy atom. The monoisotopic (exact) mass is 214 g/mol. The maximum absolute atomic E-state index is 10.4. The average molecular weight is 214 g/mol. The molecule has 0 atom stereocenters. The van der Waals surface area contributed by atoms with Gasteiger partial charge in [0.05, 0.1) is 11.6 Å². The predicted molar refractivity (Wildman–Crippen MR) is 55.4 cm³/mol. The summed E-state index contributed by atoms with van der Waals surface area (Å²) in [5.41, 5.74) is 1.23. The molecule has 0 saturated carbocycles. The summed E-state index contributed by atoms with van der Waals surface area (Å²) in [4.78, 5) is 16.4. The third-order valence-corrected chi connectivity index (χ3v) is 2.05. The summed E-state index contributed by atoms with van der Waals surface area (Å²) in [6, 6.07) is 8.61. The molecule has 6 nitrogen and oxygen atoms in total. The van der Waals surface area contributed by atoms with Gasteiger partial charge in [-0.05, 0) is 29.2 Å². The summed E-state index contributed by atoms with van der Waals surface area (Å²) in [6.07, 6.45) is 1.16. The van der Waals surface area contributed by atoms with Gasteiger partial charge in [0, 0.05) is 5.56 Å². The molecule has 0 unspecified atom stereocenters. The number of nitriles is 1. The lowest BCUT2D eigenvalue weighted by Crippen LogP contribution is -1.87. The molecule has 0 aliphatic carbocycles. The van der Waals surface area contributed by atoms with Crippen molar-refractivity contribution in [2.45, 2.75) is 0 Å². The van der Waals surface area contributed by atoms with E-state index in [1.807, 2.05) is 6.07 Å². The Morgan fingerprint density at radius 3 is 2.56 bits per heavy atom. The second kappa shape index (κ2) is 3.82. The first-order valence-electron chi connectivity index (χ1n) is 4.40. The zero-order valence-corrected chi connectivity index (χ0v) is 8.04. The summed E-state index contributed by atoms with van der Waals surface area (Å²) >= 11 is 0. The Kier molecular flexibility index (Phi) is 2.36. The van der Waals surface area contributed by atoms with E-state index < -0.39 is 4.92 Å². The lowest BCUT2D eigenvalue weighted by Gasteiger charge is -1.93. The number of hydrogen-bond acceptors (Lipinski definition) is 4. The van der Waals surface area contributed by atoms with Crippen LogP contribution >= 0.6 is 0 Å². The van der Waals surface area contributed by atoms with Crippen molar-refractivity contribution in [1.82, 2.24) is 9.97 Å². The molecule has 0 fully saturated rings. The molecule has 0 amide bonds. The Morgan fingerprint density at radius 2 is 2.06 bits per heavy atom. The van der Waals surface area contributed by atoms with Crippen molar-refractivity contribution in [2.24, 2.45) is 0 Å². The lowest BCUT2D eigenvalue weighted by molar-refractivity contribution is -0.389. The molecule has 2 aromatic rings. The van der Waals surface area contributed by atoms with E-state index in [4.69, 9.17) is 5.26 Å². The summed E-state index contributed by atoms with van der Waals surface area (Å²) in [6.45, 7) is 0. The molecule has 0 saturated heterocycles. The van der Waals surface area contributed by atoms with Gasteiger partial charge >= 0.3 is 5.82 Å². The molecule has 6 heteroatoms. The van der Waals surface area contributed by atoms with Crippen LogP contribution in [-0.4, -0.2) is 14.9 Å². The van der Waals surface area contributed by atoms with Crippen LogP contribution in [0.4, 0.5) is 5.82 Å². The van der Waals surface area contributed by atoms with Crippen LogP contribution in [-0.2, 0) is 0 Å². The van der Waals surface area contributed by atoms with E-state index in [0.29, 0.717) is 17.0 Å². The predicted octanol–water partition coefficient (Wildman–Crippen LogP) is 1.86. The average Bonchev–Trinajstić information content (AvgIpc) is 2.78. The Balaban J connectivity index is 2.36. The first-order valence-corrected chi connectivity index (χ1v) is 4.40. The Bertz CT molecular complexity index is 565. The van der Waals surface area contributed by atoms with E-state index in [2.05, 4.69) is 9.97 Å². The van der Waals surface area contributed by atoms with Crippen molar-refractivity contribution in [2.75, 3.05) is 0 Å². The van der Waals surface area contributed by atoms with Crippen molar-refractivity contribution in [3.63, 3.8) is 0 Å². The van der Waals surface area contributed by atoms with Crippen molar-refractivity contribution in [1.29, 1.82) is 5.26 Å². The molecule has 2 rings (SSSR count).